The van der Waals surface area contributed by atoms with Crippen molar-refractivity contribution in [3.63, 3.8) is 0 Å². The molecule has 34 heavy (non-hydrogen) atoms. The molecule has 0 fully saturated rings. The van der Waals surface area contributed by atoms with Crippen LogP contribution in [0.1, 0.15) is 23.7 Å². The Bertz CT molecular complexity index is 1360. The van der Waals surface area contributed by atoms with Crippen molar-refractivity contribution in [1.82, 2.24) is 29.5 Å². The van der Waals surface area contributed by atoms with Crippen LogP contribution in [0.4, 0.5) is 23.2 Å². The van der Waals surface area contributed by atoms with Crippen LogP contribution in [0, 0.1) is 12.7 Å². The first-order valence-corrected chi connectivity index (χ1v) is 11.1. The molecule has 1 aromatic carbocycles. The van der Waals surface area contributed by atoms with Crippen molar-refractivity contribution in [3.8, 4) is 15.7 Å². The molecule has 1 atom stereocenters. The molecule has 176 valence electrons. The van der Waals surface area contributed by atoms with Crippen molar-refractivity contribution in [1.29, 1.82) is 0 Å². The zero-order valence-electron chi connectivity index (χ0n) is 17.7. The lowest BCUT2D eigenvalue weighted by molar-refractivity contribution is -0.134. The Balaban J connectivity index is 1.46. The molecule has 0 aliphatic carbocycles. The number of anilines is 1. The summed E-state index contributed by atoms with van der Waals surface area (Å²) in [4.78, 5) is 23.0. The van der Waals surface area contributed by atoms with E-state index in [2.05, 4.69) is 20.3 Å². The zero-order valence-corrected chi connectivity index (χ0v) is 18.5. The van der Waals surface area contributed by atoms with Gasteiger partial charge in [0, 0.05) is 18.0 Å². The molecule has 4 heterocycles. The third-order valence-electron chi connectivity index (χ3n) is 5.45. The number of halogens is 4. The number of nitrogens with zero attached hydrogens (tertiary/aromatic N) is 7. The fourth-order valence-corrected chi connectivity index (χ4v) is 4.72. The average molecular weight is 491 g/mol. The second-order valence-electron chi connectivity index (χ2n) is 7.84. The smallest absolute Gasteiger partial charge is 0.301 e. The van der Waals surface area contributed by atoms with Crippen molar-refractivity contribution in [2.75, 3.05) is 11.4 Å². The number of benzene rings is 1. The first-order chi connectivity index (χ1) is 16.2. The van der Waals surface area contributed by atoms with Gasteiger partial charge in [0.2, 0.25) is 0 Å². The monoisotopic (exact) mass is 491 g/mol. The van der Waals surface area contributed by atoms with Crippen LogP contribution in [0.2, 0.25) is 0 Å². The van der Waals surface area contributed by atoms with Crippen LogP contribution in [-0.2, 0) is 11.2 Å². The van der Waals surface area contributed by atoms with Crippen LogP contribution in [0.3, 0.4) is 0 Å². The summed E-state index contributed by atoms with van der Waals surface area (Å²) in [7, 11) is 0. The highest BCUT2D eigenvalue weighted by molar-refractivity contribution is 7.17. The van der Waals surface area contributed by atoms with E-state index < -0.39 is 30.5 Å². The lowest BCUT2D eigenvalue weighted by Crippen LogP contribution is -2.42. The number of aryl methyl sites for hydroxylation is 1. The lowest BCUT2D eigenvalue weighted by atomic mass is 10.1. The topological polar surface area (TPSA) is 81.7 Å². The molecule has 5 rings (SSSR count). The van der Waals surface area contributed by atoms with E-state index in [0.717, 1.165) is 5.69 Å². The standard InChI is InChI=1S/C21H17F4N7OS/c1-12-8-30(11-27-12)20-26-7-18(34-20)15-9-32(29-28-15)17-6-5-13-14(22)3-2-4-16(13)31(19(17)33)10-21(23,24)25/h2-4,7-9,11,17H,5-6,10H2,1H3/t17-/m0/s1. The summed E-state index contributed by atoms with van der Waals surface area (Å²) in [5, 5.41) is 8.76. The molecule has 0 bridgehead atoms. The largest absolute Gasteiger partial charge is 0.406 e. The normalized spacial score (nSPS) is 16.6. The molecule has 1 aliphatic rings. The molecule has 0 N–H and O–H groups in total. The molecule has 1 amide bonds. The van der Waals surface area contributed by atoms with Crippen molar-refractivity contribution >= 4 is 22.9 Å². The molecule has 0 saturated carbocycles. The average Bonchev–Trinajstić information content (AvgIpc) is 3.51. The molecule has 0 spiro atoms. The summed E-state index contributed by atoms with van der Waals surface area (Å²) < 4.78 is 57.3. The van der Waals surface area contributed by atoms with Gasteiger partial charge in [0.25, 0.3) is 5.91 Å². The molecule has 0 radical (unpaired) electrons. The van der Waals surface area contributed by atoms with Crippen LogP contribution in [0.5, 0.6) is 0 Å². The number of thiazole rings is 1. The number of hydrogen-bond acceptors (Lipinski definition) is 6. The highest BCUT2D eigenvalue weighted by Gasteiger charge is 2.40. The van der Waals surface area contributed by atoms with E-state index in [1.54, 1.807) is 17.1 Å². The summed E-state index contributed by atoms with van der Waals surface area (Å²) in [5.41, 5.74) is 1.25. The highest BCUT2D eigenvalue weighted by Crippen LogP contribution is 2.35. The number of carbonyl (C=O) groups is 1. The van der Waals surface area contributed by atoms with Gasteiger partial charge in [0.05, 0.1) is 22.5 Å². The summed E-state index contributed by atoms with van der Waals surface area (Å²) in [6, 6.07) is 2.72. The van der Waals surface area contributed by atoms with Gasteiger partial charge in [-0.15, -0.1) is 5.10 Å². The van der Waals surface area contributed by atoms with Gasteiger partial charge in [-0.1, -0.05) is 22.6 Å². The minimum absolute atomic E-state index is 0.0747. The van der Waals surface area contributed by atoms with E-state index in [1.165, 1.54) is 40.4 Å². The SMILES string of the molecule is Cc1cn(-c2ncc(-c3cn([C@H]4CCc5c(F)cccc5N(CC(F)(F)F)C4=O)nn3)s2)cn1. The fourth-order valence-electron chi connectivity index (χ4n) is 3.91. The maximum atomic E-state index is 14.4. The summed E-state index contributed by atoms with van der Waals surface area (Å²) in [5.74, 6) is -1.47. The molecule has 4 aromatic rings. The number of fused-ring (bicyclic) bond motifs is 1. The van der Waals surface area contributed by atoms with Crippen LogP contribution in [-0.4, -0.2) is 48.2 Å². The van der Waals surface area contributed by atoms with Crippen LogP contribution in [0.15, 0.2) is 43.1 Å². The van der Waals surface area contributed by atoms with Crippen molar-refractivity contribution in [3.05, 3.63) is 60.2 Å². The Morgan fingerprint density at radius 2 is 2.03 bits per heavy atom. The minimum Gasteiger partial charge on any atom is -0.301 e. The molecular formula is C21H17F4N7OS. The fraction of sp³-hybridized carbons (Fsp3) is 0.286. The number of rotatable bonds is 4. The van der Waals surface area contributed by atoms with Crippen LogP contribution in [0.25, 0.3) is 15.7 Å². The predicted octanol–water partition coefficient (Wildman–Crippen LogP) is 4.12. The van der Waals surface area contributed by atoms with Crippen LogP contribution >= 0.6 is 11.3 Å². The van der Waals surface area contributed by atoms with E-state index in [4.69, 9.17) is 0 Å². The Kier molecular flexibility index (Phi) is 5.42. The maximum Gasteiger partial charge on any atom is 0.406 e. The number of alkyl halides is 3. The number of hydrogen-bond donors (Lipinski definition) is 0. The van der Waals surface area contributed by atoms with Gasteiger partial charge in [-0.05, 0) is 31.9 Å². The van der Waals surface area contributed by atoms with Crippen molar-refractivity contribution < 1.29 is 22.4 Å². The second kappa shape index (κ2) is 8.31. The molecule has 0 unspecified atom stereocenters. The quantitative estimate of drug-likeness (QED) is 0.401. The third-order valence-corrected chi connectivity index (χ3v) is 6.48. The number of amides is 1. The van der Waals surface area contributed by atoms with E-state index in [0.29, 0.717) is 20.6 Å². The third kappa shape index (κ3) is 4.18. The van der Waals surface area contributed by atoms with Gasteiger partial charge >= 0.3 is 6.18 Å². The van der Waals surface area contributed by atoms with E-state index in [-0.39, 0.29) is 24.1 Å². The first kappa shape index (κ1) is 22.2. The zero-order chi connectivity index (χ0) is 24.0. The summed E-state index contributed by atoms with van der Waals surface area (Å²) in [6.07, 6.45) is 2.03. The van der Waals surface area contributed by atoms with E-state index >= 15 is 0 Å². The maximum absolute atomic E-state index is 14.4. The lowest BCUT2D eigenvalue weighted by Gasteiger charge is -2.26. The number of imidazole rings is 1. The molecule has 13 heteroatoms. The van der Waals surface area contributed by atoms with Gasteiger partial charge in [-0.2, -0.15) is 13.2 Å². The Labute approximate surface area is 194 Å². The first-order valence-electron chi connectivity index (χ1n) is 10.2. The Hall–Kier alpha value is -3.61. The van der Waals surface area contributed by atoms with Crippen molar-refractivity contribution in [2.45, 2.75) is 32.0 Å². The summed E-state index contributed by atoms with van der Waals surface area (Å²) in [6.45, 7) is 0.329. The predicted molar refractivity (Wildman–Crippen MR) is 115 cm³/mol. The molecule has 3 aromatic heterocycles. The molecule has 8 nitrogen and oxygen atoms in total. The highest BCUT2D eigenvalue weighted by atomic mass is 32.1. The van der Waals surface area contributed by atoms with Crippen LogP contribution < -0.4 is 4.90 Å². The minimum atomic E-state index is -4.66. The number of carbonyl (C=O) groups excluding carboxylic acids is 1. The Morgan fingerprint density at radius 3 is 2.76 bits per heavy atom. The molecule has 1 aliphatic heterocycles. The van der Waals surface area contributed by atoms with E-state index in [9.17, 15) is 22.4 Å². The molecule has 0 saturated heterocycles. The van der Waals surface area contributed by atoms with Gasteiger partial charge < -0.3 is 4.90 Å². The van der Waals surface area contributed by atoms with Gasteiger partial charge in [0.15, 0.2) is 5.13 Å². The van der Waals surface area contributed by atoms with E-state index in [1.807, 2.05) is 13.1 Å². The molecular weight excluding hydrogens is 474 g/mol. The second-order valence-corrected chi connectivity index (χ2v) is 8.85. The van der Waals surface area contributed by atoms with Gasteiger partial charge in [-0.25, -0.2) is 19.0 Å². The Morgan fingerprint density at radius 1 is 1.21 bits per heavy atom. The number of aromatic nitrogens is 6. The van der Waals surface area contributed by atoms with Gasteiger partial charge in [0.1, 0.15) is 30.4 Å². The summed E-state index contributed by atoms with van der Waals surface area (Å²) >= 11 is 1.32. The van der Waals surface area contributed by atoms with Gasteiger partial charge in [-0.3, -0.25) is 9.36 Å². The van der Waals surface area contributed by atoms with Crippen molar-refractivity contribution in [2.24, 2.45) is 0 Å².